The Morgan fingerprint density at radius 1 is 1.16 bits per heavy atom. The first-order chi connectivity index (χ1) is 11.7. The molecule has 3 rings (SSSR count). The number of allylic oxidation sites excluding steroid dienone is 1. The van der Waals surface area contributed by atoms with Gasteiger partial charge in [0, 0.05) is 35.1 Å². The van der Waals surface area contributed by atoms with Crippen LogP contribution < -0.4 is 4.90 Å². The van der Waals surface area contributed by atoms with Gasteiger partial charge in [0.1, 0.15) is 5.82 Å². The lowest BCUT2D eigenvalue weighted by atomic mass is 9.88. The van der Waals surface area contributed by atoms with Gasteiger partial charge in [0.25, 0.3) is 0 Å². The van der Waals surface area contributed by atoms with Crippen LogP contribution in [0.3, 0.4) is 0 Å². The normalized spacial score (nSPS) is 16.1. The quantitative estimate of drug-likeness (QED) is 0.545. The smallest absolute Gasteiger partial charge is 0.134 e. The van der Waals surface area contributed by atoms with E-state index >= 15 is 0 Å². The van der Waals surface area contributed by atoms with Gasteiger partial charge in [-0.2, -0.15) is 0 Å². The predicted octanol–water partition coefficient (Wildman–Crippen LogP) is 6.51. The SMILES string of the molecule is CC1=CC(C)(C)N(C)c2cc(F)c(C=Nc3ccc(Cl)cc3Cl)cc21. The fourth-order valence-corrected chi connectivity index (χ4v) is 3.47. The van der Waals surface area contributed by atoms with Crippen molar-refractivity contribution in [3.63, 3.8) is 0 Å². The fraction of sp³-hybridized carbons (Fsp3) is 0.250. The van der Waals surface area contributed by atoms with Crippen LogP contribution in [0.15, 0.2) is 41.4 Å². The van der Waals surface area contributed by atoms with Crippen LogP contribution in [0.5, 0.6) is 0 Å². The van der Waals surface area contributed by atoms with Crippen LogP contribution in [0, 0.1) is 5.82 Å². The summed E-state index contributed by atoms with van der Waals surface area (Å²) in [5, 5.41) is 0.968. The van der Waals surface area contributed by atoms with Crippen LogP contribution in [0.2, 0.25) is 10.0 Å². The Bertz CT molecular complexity index is 901. The van der Waals surface area contributed by atoms with Crippen LogP contribution in [0.4, 0.5) is 15.8 Å². The van der Waals surface area contributed by atoms with Crippen molar-refractivity contribution in [1.29, 1.82) is 0 Å². The number of rotatable bonds is 2. The topological polar surface area (TPSA) is 15.6 Å². The lowest BCUT2D eigenvalue weighted by Crippen LogP contribution is -2.42. The standard InChI is InChI=1S/C20H19Cl2FN2/c1-12-10-20(2,3)25(4)19-9-17(23)13(7-15(12)19)11-24-18-6-5-14(21)8-16(18)22/h5-11H,1-4H3. The lowest BCUT2D eigenvalue weighted by molar-refractivity contribution is 0.589. The zero-order valence-electron chi connectivity index (χ0n) is 14.6. The van der Waals surface area contributed by atoms with E-state index in [1.165, 1.54) is 6.21 Å². The number of likely N-dealkylation sites (N-methyl/N-ethyl adjacent to an activating group) is 1. The molecular weight excluding hydrogens is 358 g/mol. The number of hydrogen-bond donors (Lipinski definition) is 0. The zero-order valence-corrected chi connectivity index (χ0v) is 16.1. The molecule has 2 aromatic carbocycles. The van der Waals surface area contributed by atoms with Gasteiger partial charge in [-0.3, -0.25) is 4.99 Å². The first kappa shape index (κ1) is 18.0. The third-order valence-corrected chi connectivity index (χ3v) is 5.13. The minimum atomic E-state index is -0.315. The molecule has 0 radical (unpaired) electrons. The molecule has 130 valence electrons. The number of nitrogens with zero attached hydrogens (tertiary/aromatic N) is 2. The van der Waals surface area contributed by atoms with Gasteiger partial charge in [0.05, 0.1) is 16.2 Å². The minimum absolute atomic E-state index is 0.157. The van der Waals surface area contributed by atoms with Gasteiger partial charge in [-0.25, -0.2) is 4.39 Å². The summed E-state index contributed by atoms with van der Waals surface area (Å²) < 4.78 is 14.6. The van der Waals surface area contributed by atoms with Crippen LogP contribution in [-0.4, -0.2) is 18.8 Å². The highest BCUT2D eigenvalue weighted by atomic mass is 35.5. The van der Waals surface area contributed by atoms with Crippen molar-refractivity contribution in [2.24, 2.45) is 4.99 Å². The summed E-state index contributed by atoms with van der Waals surface area (Å²) in [7, 11) is 1.97. The Morgan fingerprint density at radius 3 is 2.56 bits per heavy atom. The molecule has 25 heavy (non-hydrogen) atoms. The molecule has 1 heterocycles. The summed E-state index contributed by atoms with van der Waals surface area (Å²) in [5.41, 5.74) is 3.82. The molecule has 1 aliphatic rings. The molecule has 0 N–H and O–H groups in total. The third-order valence-electron chi connectivity index (χ3n) is 4.59. The number of hydrogen-bond acceptors (Lipinski definition) is 2. The maximum atomic E-state index is 14.6. The van der Waals surface area contributed by atoms with Crippen LogP contribution >= 0.6 is 23.2 Å². The van der Waals surface area contributed by atoms with E-state index in [0.29, 0.717) is 21.3 Å². The Morgan fingerprint density at radius 2 is 1.88 bits per heavy atom. The van der Waals surface area contributed by atoms with Crippen molar-refractivity contribution in [2.75, 3.05) is 11.9 Å². The van der Waals surface area contributed by atoms with Crippen molar-refractivity contribution in [2.45, 2.75) is 26.3 Å². The fourth-order valence-electron chi connectivity index (χ4n) is 3.01. The second-order valence-electron chi connectivity index (χ2n) is 6.78. The van der Waals surface area contributed by atoms with Gasteiger partial charge >= 0.3 is 0 Å². The van der Waals surface area contributed by atoms with E-state index < -0.39 is 0 Å². The van der Waals surface area contributed by atoms with E-state index in [2.05, 4.69) is 29.8 Å². The molecular formula is C20H19Cl2FN2. The monoisotopic (exact) mass is 376 g/mol. The average Bonchev–Trinajstić information content (AvgIpc) is 2.52. The van der Waals surface area contributed by atoms with E-state index in [1.54, 1.807) is 24.3 Å². The number of aliphatic imine (C=N–C) groups is 1. The molecule has 5 heteroatoms. The summed E-state index contributed by atoms with van der Waals surface area (Å²) >= 11 is 12.0. The largest absolute Gasteiger partial charge is 0.365 e. The van der Waals surface area contributed by atoms with Gasteiger partial charge in [0.2, 0.25) is 0 Å². The summed E-state index contributed by atoms with van der Waals surface area (Å²) in [5.74, 6) is -0.315. The van der Waals surface area contributed by atoms with Crippen molar-refractivity contribution in [1.82, 2.24) is 0 Å². The van der Waals surface area contributed by atoms with Crippen LogP contribution in [0.25, 0.3) is 5.57 Å². The van der Waals surface area contributed by atoms with E-state index in [-0.39, 0.29) is 11.4 Å². The molecule has 2 aromatic rings. The maximum Gasteiger partial charge on any atom is 0.134 e. The molecule has 0 atom stereocenters. The van der Waals surface area contributed by atoms with E-state index in [9.17, 15) is 4.39 Å². The van der Waals surface area contributed by atoms with Crippen molar-refractivity contribution in [3.8, 4) is 0 Å². The Balaban J connectivity index is 2.02. The number of fused-ring (bicyclic) bond motifs is 1. The van der Waals surface area contributed by atoms with E-state index in [0.717, 1.165) is 16.8 Å². The van der Waals surface area contributed by atoms with E-state index in [1.807, 2.05) is 20.0 Å². The Labute approximate surface area is 157 Å². The first-order valence-electron chi connectivity index (χ1n) is 7.95. The van der Waals surface area contributed by atoms with Gasteiger partial charge < -0.3 is 4.90 Å². The number of benzene rings is 2. The molecule has 2 nitrogen and oxygen atoms in total. The average molecular weight is 377 g/mol. The third kappa shape index (κ3) is 3.44. The summed E-state index contributed by atoms with van der Waals surface area (Å²) in [6, 6.07) is 8.42. The zero-order chi connectivity index (χ0) is 18.4. The molecule has 0 amide bonds. The summed E-state index contributed by atoms with van der Waals surface area (Å²) in [4.78, 5) is 6.39. The Hall–Kier alpha value is -1.84. The molecule has 0 saturated carbocycles. The molecule has 0 saturated heterocycles. The first-order valence-corrected chi connectivity index (χ1v) is 8.71. The van der Waals surface area contributed by atoms with Gasteiger partial charge in [-0.15, -0.1) is 0 Å². The van der Waals surface area contributed by atoms with Gasteiger partial charge in [0.15, 0.2) is 0 Å². The second-order valence-corrected chi connectivity index (χ2v) is 7.63. The molecule has 0 unspecified atom stereocenters. The van der Waals surface area contributed by atoms with Gasteiger partial charge in [-0.1, -0.05) is 29.3 Å². The molecule has 0 fully saturated rings. The minimum Gasteiger partial charge on any atom is -0.365 e. The highest BCUT2D eigenvalue weighted by Gasteiger charge is 2.29. The van der Waals surface area contributed by atoms with Gasteiger partial charge in [-0.05, 0) is 56.7 Å². The number of halogens is 3. The second kappa shape index (κ2) is 6.47. The van der Waals surface area contributed by atoms with Crippen LogP contribution in [-0.2, 0) is 0 Å². The van der Waals surface area contributed by atoms with Crippen molar-refractivity contribution < 1.29 is 4.39 Å². The summed E-state index contributed by atoms with van der Waals surface area (Å²) in [6.07, 6.45) is 3.68. The molecule has 0 aliphatic carbocycles. The van der Waals surface area contributed by atoms with Crippen molar-refractivity contribution >= 4 is 46.4 Å². The summed E-state index contributed by atoms with van der Waals surface area (Å²) in [6.45, 7) is 6.26. The van der Waals surface area contributed by atoms with Crippen LogP contribution in [0.1, 0.15) is 31.9 Å². The predicted molar refractivity (Wildman–Crippen MR) is 106 cm³/mol. The molecule has 0 spiro atoms. The number of anilines is 1. The lowest BCUT2D eigenvalue weighted by Gasteiger charge is -2.40. The molecule has 1 aliphatic heterocycles. The highest BCUT2D eigenvalue weighted by Crippen LogP contribution is 2.39. The molecule has 0 bridgehead atoms. The highest BCUT2D eigenvalue weighted by molar-refractivity contribution is 6.36. The maximum absolute atomic E-state index is 14.6. The Kier molecular flexibility index (Phi) is 4.65. The van der Waals surface area contributed by atoms with E-state index in [4.69, 9.17) is 23.2 Å². The molecule has 0 aromatic heterocycles. The van der Waals surface area contributed by atoms with Crippen molar-refractivity contribution in [3.05, 3.63) is 63.4 Å².